The molecule has 1 aliphatic rings. The number of rotatable bonds is 5. The molecular weight excluding hydrogens is 449 g/mol. The van der Waals surface area contributed by atoms with Gasteiger partial charge in [0, 0.05) is 61.4 Å². The van der Waals surface area contributed by atoms with Crippen LogP contribution in [0.4, 0.5) is 30.2 Å². The number of aryl methyl sites for hydroxylation is 1. The van der Waals surface area contributed by atoms with Crippen LogP contribution in [0.5, 0.6) is 0 Å². The average molecular weight is 477 g/mol. The number of aromatic nitrogens is 1. The first kappa shape index (κ1) is 23.2. The van der Waals surface area contributed by atoms with Crippen LogP contribution in [0.25, 0.3) is 10.9 Å². The van der Waals surface area contributed by atoms with E-state index < -0.39 is 11.7 Å². The maximum Gasteiger partial charge on any atom is 0.416 e. The number of piperazine rings is 1. The van der Waals surface area contributed by atoms with E-state index in [0.29, 0.717) is 10.9 Å². The molecule has 1 saturated heterocycles. The largest absolute Gasteiger partial charge is 0.416 e. The molecule has 4 nitrogen and oxygen atoms in total. The zero-order valence-electron chi connectivity index (χ0n) is 19.5. The summed E-state index contributed by atoms with van der Waals surface area (Å²) in [7, 11) is 0. The third-order valence-corrected chi connectivity index (χ3v) is 6.48. The molecule has 0 spiro atoms. The lowest BCUT2D eigenvalue weighted by molar-refractivity contribution is -0.137. The van der Waals surface area contributed by atoms with E-state index in [-0.39, 0.29) is 0 Å². The predicted octanol–water partition coefficient (Wildman–Crippen LogP) is 6.63. The average Bonchev–Trinajstić information content (AvgIpc) is 2.86. The number of alkyl halides is 3. The molecule has 1 aromatic heterocycles. The van der Waals surface area contributed by atoms with E-state index in [0.717, 1.165) is 56.2 Å². The Balaban J connectivity index is 1.21. The zero-order chi connectivity index (χ0) is 24.4. The number of anilines is 3. The molecule has 7 heteroatoms. The summed E-state index contributed by atoms with van der Waals surface area (Å²) in [5, 5.41) is 3.97. The number of nitrogens with zero attached hydrogens (tertiary/aromatic N) is 3. The van der Waals surface area contributed by atoms with Crippen molar-refractivity contribution >= 4 is 28.0 Å². The molecule has 0 aliphatic carbocycles. The lowest BCUT2D eigenvalue weighted by Gasteiger charge is -2.36. The van der Waals surface area contributed by atoms with Crippen molar-refractivity contribution in [3.05, 3.63) is 95.7 Å². The maximum atomic E-state index is 13.0. The topological polar surface area (TPSA) is 31.4 Å². The maximum absolute atomic E-state index is 13.0. The summed E-state index contributed by atoms with van der Waals surface area (Å²) in [6.45, 7) is 7.03. The van der Waals surface area contributed by atoms with Gasteiger partial charge in [-0.1, -0.05) is 35.9 Å². The predicted molar refractivity (Wildman–Crippen MR) is 135 cm³/mol. The Morgan fingerprint density at radius 1 is 0.857 bits per heavy atom. The smallest absolute Gasteiger partial charge is 0.369 e. The fourth-order valence-electron chi connectivity index (χ4n) is 4.46. The number of hydrogen-bond acceptors (Lipinski definition) is 4. The molecule has 0 radical (unpaired) electrons. The molecule has 5 rings (SSSR count). The van der Waals surface area contributed by atoms with E-state index >= 15 is 0 Å². The van der Waals surface area contributed by atoms with Gasteiger partial charge < -0.3 is 10.2 Å². The van der Waals surface area contributed by atoms with Crippen LogP contribution in [0.15, 0.2) is 79.0 Å². The van der Waals surface area contributed by atoms with Gasteiger partial charge in [-0.3, -0.25) is 9.88 Å². The van der Waals surface area contributed by atoms with Crippen LogP contribution in [-0.4, -0.2) is 36.1 Å². The summed E-state index contributed by atoms with van der Waals surface area (Å²) in [6, 6.07) is 22.3. The molecular formula is C28H27F3N4. The van der Waals surface area contributed by atoms with Crippen molar-refractivity contribution in [2.45, 2.75) is 19.6 Å². The number of pyridine rings is 1. The molecule has 1 N–H and O–H groups in total. The van der Waals surface area contributed by atoms with Crippen molar-refractivity contribution in [2.75, 3.05) is 36.4 Å². The van der Waals surface area contributed by atoms with Crippen molar-refractivity contribution in [1.29, 1.82) is 0 Å². The van der Waals surface area contributed by atoms with Gasteiger partial charge in [0.15, 0.2) is 0 Å². The number of benzene rings is 3. The molecule has 35 heavy (non-hydrogen) atoms. The number of fused-ring (bicyclic) bond motifs is 1. The summed E-state index contributed by atoms with van der Waals surface area (Å²) in [4.78, 5) is 9.01. The Labute approximate surface area is 203 Å². The molecule has 0 unspecified atom stereocenters. The van der Waals surface area contributed by atoms with E-state index in [2.05, 4.69) is 63.4 Å². The Morgan fingerprint density at radius 2 is 1.57 bits per heavy atom. The lowest BCUT2D eigenvalue weighted by atomic mass is 10.1. The van der Waals surface area contributed by atoms with E-state index in [4.69, 9.17) is 0 Å². The highest BCUT2D eigenvalue weighted by Crippen LogP contribution is 2.33. The Morgan fingerprint density at radius 3 is 2.26 bits per heavy atom. The highest BCUT2D eigenvalue weighted by molar-refractivity contribution is 5.93. The van der Waals surface area contributed by atoms with Crippen molar-refractivity contribution in [3.8, 4) is 0 Å². The zero-order valence-corrected chi connectivity index (χ0v) is 19.5. The molecule has 0 atom stereocenters. The molecule has 0 bridgehead atoms. The van der Waals surface area contributed by atoms with E-state index in [1.165, 1.54) is 29.1 Å². The van der Waals surface area contributed by atoms with Gasteiger partial charge in [0.05, 0.1) is 11.1 Å². The van der Waals surface area contributed by atoms with Crippen LogP contribution in [0, 0.1) is 6.92 Å². The van der Waals surface area contributed by atoms with Crippen molar-refractivity contribution < 1.29 is 13.2 Å². The standard InChI is InChI=1S/C28H27F3N4/c1-20-2-9-24(10-3-20)35-16-14-34(15-17-35)19-21-4-7-23(8-5-21)33-26-12-13-32-27-18-22(28(29,30)31)6-11-25(26)27/h2-13,18H,14-17,19H2,1H3,(H,32,33). The number of halogens is 3. The van der Waals surface area contributed by atoms with Gasteiger partial charge in [-0.2, -0.15) is 13.2 Å². The molecule has 0 saturated carbocycles. The first-order valence-corrected chi connectivity index (χ1v) is 11.7. The minimum absolute atomic E-state index is 0.311. The highest BCUT2D eigenvalue weighted by Gasteiger charge is 2.30. The van der Waals surface area contributed by atoms with Crippen LogP contribution in [0.1, 0.15) is 16.7 Å². The lowest BCUT2D eigenvalue weighted by Crippen LogP contribution is -2.45. The quantitative estimate of drug-likeness (QED) is 0.350. The van der Waals surface area contributed by atoms with Crippen LogP contribution in [-0.2, 0) is 12.7 Å². The molecule has 0 amide bonds. The van der Waals surface area contributed by atoms with Gasteiger partial charge in [0.1, 0.15) is 0 Å². The summed E-state index contributed by atoms with van der Waals surface area (Å²) in [5.41, 5.74) is 5.01. The first-order valence-electron chi connectivity index (χ1n) is 11.7. The third kappa shape index (κ3) is 5.41. The van der Waals surface area contributed by atoms with Crippen molar-refractivity contribution in [2.24, 2.45) is 0 Å². The third-order valence-electron chi connectivity index (χ3n) is 6.48. The van der Waals surface area contributed by atoms with Gasteiger partial charge >= 0.3 is 6.18 Å². The molecule has 2 heterocycles. The minimum atomic E-state index is -4.39. The van der Waals surface area contributed by atoms with E-state index in [1.807, 2.05) is 12.1 Å². The highest BCUT2D eigenvalue weighted by atomic mass is 19.4. The van der Waals surface area contributed by atoms with Gasteiger partial charge in [0.25, 0.3) is 0 Å². The summed E-state index contributed by atoms with van der Waals surface area (Å²) in [5.74, 6) is 0. The molecule has 180 valence electrons. The van der Waals surface area contributed by atoms with Crippen LogP contribution >= 0.6 is 0 Å². The number of hydrogen-bond donors (Lipinski definition) is 1. The van der Waals surface area contributed by atoms with Crippen LogP contribution in [0.2, 0.25) is 0 Å². The van der Waals surface area contributed by atoms with E-state index in [9.17, 15) is 13.2 Å². The second-order valence-corrected chi connectivity index (χ2v) is 9.01. The van der Waals surface area contributed by atoms with Gasteiger partial charge in [-0.05, 0) is 55.0 Å². The Kier molecular flexibility index (Phi) is 6.34. The Hall–Kier alpha value is -3.58. The molecule has 3 aromatic carbocycles. The minimum Gasteiger partial charge on any atom is -0.369 e. The summed E-state index contributed by atoms with van der Waals surface area (Å²) in [6.07, 6.45) is -2.86. The van der Waals surface area contributed by atoms with Crippen molar-refractivity contribution in [3.63, 3.8) is 0 Å². The molecule has 1 aliphatic heterocycles. The van der Waals surface area contributed by atoms with Crippen LogP contribution in [0.3, 0.4) is 0 Å². The fraction of sp³-hybridized carbons (Fsp3) is 0.250. The molecule has 1 fully saturated rings. The monoisotopic (exact) mass is 476 g/mol. The fourth-order valence-corrected chi connectivity index (χ4v) is 4.46. The van der Waals surface area contributed by atoms with Gasteiger partial charge in [-0.25, -0.2) is 0 Å². The SMILES string of the molecule is Cc1ccc(N2CCN(Cc3ccc(Nc4ccnc5cc(C(F)(F)F)ccc45)cc3)CC2)cc1. The normalized spacial score (nSPS) is 14.9. The van der Waals surface area contributed by atoms with Gasteiger partial charge in [-0.15, -0.1) is 0 Å². The first-order chi connectivity index (χ1) is 16.8. The van der Waals surface area contributed by atoms with Crippen LogP contribution < -0.4 is 10.2 Å². The second-order valence-electron chi connectivity index (χ2n) is 9.01. The Bertz CT molecular complexity index is 1290. The van der Waals surface area contributed by atoms with E-state index in [1.54, 1.807) is 6.07 Å². The number of nitrogens with one attached hydrogen (secondary N) is 1. The summed E-state index contributed by atoms with van der Waals surface area (Å²) < 4.78 is 39.1. The van der Waals surface area contributed by atoms with Gasteiger partial charge in [0.2, 0.25) is 0 Å². The molecule has 4 aromatic rings. The van der Waals surface area contributed by atoms with Crippen molar-refractivity contribution in [1.82, 2.24) is 9.88 Å². The second kappa shape index (κ2) is 9.58. The summed E-state index contributed by atoms with van der Waals surface area (Å²) >= 11 is 0.